The first-order chi connectivity index (χ1) is 13.6. The Labute approximate surface area is 168 Å². The van der Waals surface area contributed by atoms with Gasteiger partial charge < -0.3 is 25.0 Å². The van der Waals surface area contributed by atoms with Crippen molar-refractivity contribution < 1.29 is 14.3 Å². The number of amides is 1. The van der Waals surface area contributed by atoms with E-state index in [0.29, 0.717) is 38.9 Å². The third-order valence-corrected chi connectivity index (χ3v) is 4.66. The molecule has 0 radical (unpaired) electrons. The lowest BCUT2D eigenvalue weighted by molar-refractivity contribution is 0.0963. The number of aryl methyl sites for hydroxylation is 1. The van der Waals surface area contributed by atoms with Crippen molar-refractivity contribution in [2.75, 3.05) is 32.8 Å². The molecule has 0 saturated carbocycles. The van der Waals surface area contributed by atoms with Gasteiger partial charge in [0.2, 0.25) is 0 Å². The van der Waals surface area contributed by atoms with Gasteiger partial charge in [0.15, 0.2) is 5.96 Å². The van der Waals surface area contributed by atoms with Crippen LogP contribution in [0.15, 0.2) is 23.2 Å². The quantitative estimate of drug-likeness (QED) is 0.553. The Balaban J connectivity index is 1.91. The molecule has 0 unspecified atom stereocenters. The van der Waals surface area contributed by atoms with Gasteiger partial charge in [-0.15, -0.1) is 0 Å². The molecule has 0 aliphatic carbocycles. The number of nitrogens with one attached hydrogen (secondary N) is 2. The summed E-state index contributed by atoms with van der Waals surface area (Å²) < 4.78 is 10.7. The van der Waals surface area contributed by atoms with Gasteiger partial charge >= 0.3 is 6.09 Å². The van der Waals surface area contributed by atoms with E-state index in [1.807, 2.05) is 19.9 Å². The molecule has 7 heteroatoms. The number of likely N-dealkylation sites (tertiary alicyclic amines) is 1. The summed E-state index contributed by atoms with van der Waals surface area (Å²) in [6.07, 6.45) is 1.55. The largest absolute Gasteiger partial charge is 0.494 e. The fourth-order valence-corrected chi connectivity index (χ4v) is 3.23. The maximum Gasteiger partial charge on any atom is 0.409 e. The molecule has 2 N–H and O–H groups in total. The van der Waals surface area contributed by atoms with Gasteiger partial charge in [0, 0.05) is 25.7 Å². The van der Waals surface area contributed by atoms with Crippen molar-refractivity contribution in [2.24, 2.45) is 4.99 Å². The van der Waals surface area contributed by atoms with Crippen molar-refractivity contribution in [2.45, 2.75) is 53.1 Å². The van der Waals surface area contributed by atoms with Crippen molar-refractivity contribution in [3.05, 3.63) is 29.3 Å². The number of benzene rings is 1. The second kappa shape index (κ2) is 11.4. The van der Waals surface area contributed by atoms with Gasteiger partial charge in [-0.05, 0) is 57.7 Å². The van der Waals surface area contributed by atoms with Crippen LogP contribution in [0, 0.1) is 6.92 Å². The number of piperidine rings is 1. The summed E-state index contributed by atoms with van der Waals surface area (Å²) in [5.74, 6) is 1.73. The molecule has 1 fully saturated rings. The molecule has 1 amide bonds. The van der Waals surface area contributed by atoms with Crippen LogP contribution in [-0.2, 0) is 11.3 Å². The monoisotopic (exact) mass is 390 g/mol. The lowest BCUT2D eigenvalue weighted by atomic mass is 10.1. The maximum atomic E-state index is 11.8. The number of carbonyl (C=O) groups excluding carboxylic acids is 1. The maximum absolute atomic E-state index is 11.8. The SMILES string of the molecule is CCNC(=NCc1ccc(OCC)c(C)c1)NC1CCN(C(=O)OCC)CC1. The fraction of sp³-hybridized carbons (Fsp3) is 0.619. The number of guanidine groups is 1. The first kappa shape index (κ1) is 21.9. The highest BCUT2D eigenvalue weighted by Crippen LogP contribution is 2.19. The van der Waals surface area contributed by atoms with Gasteiger partial charge in [-0.3, -0.25) is 0 Å². The van der Waals surface area contributed by atoms with Gasteiger partial charge in [-0.2, -0.15) is 0 Å². The zero-order valence-corrected chi connectivity index (χ0v) is 17.6. The summed E-state index contributed by atoms with van der Waals surface area (Å²) in [5, 5.41) is 6.81. The number of carbonyl (C=O) groups is 1. The summed E-state index contributed by atoms with van der Waals surface area (Å²) >= 11 is 0. The van der Waals surface area contributed by atoms with Crippen LogP contribution in [-0.4, -0.2) is 55.8 Å². The number of ether oxygens (including phenoxy) is 2. The van der Waals surface area contributed by atoms with Crippen LogP contribution in [0.5, 0.6) is 5.75 Å². The number of hydrogen-bond donors (Lipinski definition) is 2. The molecule has 7 nitrogen and oxygen atoms in total. The number of rotatable bonds is 7. The lowest BCUT2D eigenvalue weighted by Crippen LogP contribution is -2.49. The molecule has 2 rings (SSSR count). The molecule has 1 saturated heterocycles. The standard InChI is InChI=1S/C21H34N4O3/c1-5-22-20(23-15-17-8-9-19(27-6-2)16(4)14-17)24-18-10-12-25(13-11-18)21(26)28-7-3/h8-9,14,18H,5-7,10-13,15H2,1-4H3,(H2,22,23,24). The predicted octanol–water partition coefficient (Wildman–Crippen LogP) is 3.07. The van der Waals surface area contributed by atoms with Gasteiger partial charge in [0.1, 0.15) is 5.75 Å². The Bertz CT molecular complexity index is 655. The van der Waals surface area contributed by atoms with Crippen LogP contribution >= 0.6 is 0 Å². The van der Waals surface area contributed by atoms with E-state index >= 15 is 0 Å². The lowest BCUT2D eigenvalue weighted by Gasteiger charge is -2.32. The Morgan fingerprint density at radius 1 is 1.21 bits per heavy atom. The minimum Gasteiger partial charge on any atom is -0.494 e. The normalized spacial score (nSPS) is 15.3. The van der Waals surface area contributed by atoms with Crippen molar-refractivity contribution >= 4 is 12.1 Å². The Hall–Kier alpha value is -2.44. The molecular formula is C21H34N4O3. The van der Waals surface area contributed by atoms with Crippen LogP contribution in [0.3, 0.4) is 0 Å². The van der Waals surface area contributed by atoms with Crippen molar-refractivity contribution in [3.63, 3.8) is 0 Å². The first-order valence-corrected chi connectivity index (χ1v) is 10.3. The molecule has 0 atom stereocenters. The molecular weight excluding hydrogens is 356 g/mol. The molecule has 1 heterocycles. The third-order valence-electron chi connectivity index (χ3n) is 4.66. The summed E-state index contributed by atoms with van der Waals surface area (Å²) in [6, 6.07) is 6.49. The number of aliphatic imine (C=N–C) groups is 1. The highest BCUT2D eigenvalue weighted by atomic mass is 16.6. The van der Waals surface area contributed by atoms with Gasteiger partial charge in [-0.25, -0.2) is 9.79 Å². The highest BCUT2D eigenvalue weighted by Gasteiger charge is 2.24. The molecule has 1 aromatic rings. The molecule has 156 valence electrons. The van der Waals surface area contributed by atoms with E-state index in [-0.39, 0.29) is 6.09 Å². The Kier molecular flexibility index (Phi) is 8.91. The van der Waals surface area contributed by atoms with Crippen molar-refractivity contribution in [1.82, 2.24) is 15.5 Å². The molecule has 0 bridgehead atoms. The van der Waals surface area contributed by atoms with Crippen molar-refractivity contribution in [1.29, 1.82) is 0 Å². The number of hydrogen-bond acceptors (Lipinski definition) is 4. The van der Waals surface area contributed by atoms with Crippen LogP contribution < -0.4 is 15.4 Å². The van der Waals surface area contributed by atoms with Crippen molar-refractivity contribution in [3.8, 4) is 5.75 Å². The summed E-state index contributed by atoms with van der Waals surface area (Å²) in [6.45, 7) is 11.8. The van der Waals surface area contributed by atoms with E-state index in [0.717, 1.165) is 42.2 Å². The van der Waals surface area contributed by atoms with Crippen LogP contribution in [0.4, 0.5) is 4.79 Å². The van der Waals surface area contributed by atoms with E-state index < -0.39 is 0 Å². The van der Waals surface area contributed by atoms with E-state index in [1.165, 1.54) is 0 Å². The molecule has 1 aromatic carbocycles. The third kappa shape index (κ3) is 6.62. The molecule has 0 aromatic heterocycles. The van der Waals surface area contributed by atoms with Gasteiger partial charge in [0.25, 0.3) is 0 Å². The molecule has 28 heavy (non-hydrogen) atoms. The second-order valence-corrected chi connectivity index (χ2v) is 6.83. The fourth-order valence-electron chi connectivity index (χ4n) is 3.23. The van der Waals surface area contributed by atoms with E-state index in [9.17, 15) is 4.79 Å². The molecule has 1 aliphatic heterocycles. The molecule has 1 aliphatic rings. The number of nitrogens with zero attached hydrogens (tertiary/aromatic N) is 2. The summed E-state index contributed by atoms with van der Waals surface area (Å²) in [4.78, 5) is 18.3. The second-order valence-electron chi connectivity index (χ2n) is 6.83. The van der Waals surface area contributed by atoms with Crippen LogP contribution in [0.25, 0.3) is 0 Å². The Morgan fingerprint density at radius 3 is 2.57 bits per heavy atom. The zero-order chi connectivity index (χ0) is 20.4. The highest BCUT2D eigenvalue weighted by molar-refractivity contribution is 5.80. The van der Waals surface area contributed by atoms with E-state index in [1.54, 1.807) is 4.90 Å². The Morgan fingerprint density at radius 2 is 1.96 bits per heavy atom. The van der Waals surface area contributed by atoms with Gasteiger partial charge in [-0.1, -0.05) is 12.1 Å². The molecule has 0 spiro atoms. The summed E-state index contributed by atoms with van der Waals surface area (Å²) in [7, 11) is 0. The average molecular weight is 391 g/mol. The first-order valence-electron chi connectivity index (χ1n) is 10.3. The topological polar surface area (TPSA) is 75.2 Å². The minimum atomic E-state index is -0.215. The van der Waals surface area contributed by atoms with E-state index in [4.69, 9.17) is 14.5 Å². The summed E-state index contributed by atoms with van der Waals surface area (Å²) in [5.41, 5.74) is 2.27. The minimum absolute atomic E-state index is 0.215. The van der Waals surface area contributed by atoms with Crippen LogP contribution in [0.1, 0.15) is 44.7 Å². The zero-order valence-electron chi connectivity index (χ0n) is 17.6. The van der Waals surface area contributed by atoms with E-state index in [2.05, 4.69) is 36.6 Å². The smallest absolute Gasteiger partial charge is 0.409 e. The van der Waals surface area contributed by atoms with Gasteiger partial charge in [0.05, 0.1) is 19.8 Å². The predicted molar refractivity (Wildman–Crippen MR) is 112 cm³/mol. The average Bonchev–Trinajstić information content (AvgIpc) is 2.69. The van der Waals surface area contributed by atoms with Crippen LogP contribution in [0.2, 0.25) is 0 Å².